The first-order valence-corrected chi connectivity index (χ1v) is 9.99. The summed E-state index contributed by atoms with van der Waals surface area (Å²) in [6.45, 7) is 1.65. The van der Waals surface area contributed by atoms with E-state index < -0.39 is 27.8 Å². The van der Waals surface area contributed by atoms with Crippen LogP contribution in [-0.4, -0.2) is 52.7 Å². The van der Waals surface area contributed by atoms with Crippen LogP contribution < -0.4 is 10.9 Å². The summed E-state index contributed by atoms with van der Waals surface area (Å²) in [4.78, 5) is 42.0. The number of imide groups is 1. The number of carbonyl (C=O) groups excluding carboxylic acids is 2. The zero-order chi connectivity index (χ0) is 19.1. The lowest BCUT2D eigenvalue weighted by Gasteiger charge is -2.13. The molecule has 1 aliphatic rings. The van der Waals surface area contributed by atoms with Crippen LogP contribution in [0.1, 0.15) is 17.7 Å². The number of hydrogen-bond acceptors (Lipinski definition) is 6. The molecule has 138 valence electrons. The average Bonchev–Trinajstić information content (AvgIpc) is 2.81. The van der Waals surface area contributed by atoms with Gasteiger partial charge in [-0.15, -0.1) is 0 Å². The monoisotopic (exact) mass is 378 g/mol. The van der Waals surface area contributed by atoms with Gasteiger partial charge in [0, 0.05) is 18.5 Å². The lowest BCUT2D eigenvalue weighted by molar-refractivity contribution is -0.127. The second-order valence-electron chi connectivity index (χ2n) is 6.32. The van der Waals surface area contributed by atoms with Crippen LogP contribution in [0.2, 0.25) is 0 Å². The molecule has 0 aromatic carbocycles. The van der Waals surface area contributed by atoms with Crippen LogP contribution in [0.15, 0.2) is 29.2 Å². The number of fused-ring (bicyclic) bond motifs is 1. The largest absolute Gasteiger partial charge is 0.326 e. The molecule has 3 rings (SSSR count). The predicted octanol–water partition coefficient (Wildman–Crippen LogP) is -0.142. The molecular weight excluding hydrogens is 360 g/mol. The van der Waals surface area contributed by atoms with Gasteiger partial charge in [-0.25, -0.2) is 18.2 Å². The Hall–Kier alpha value is -2.75. The molecule has 9 nitrogen and oxygen atoms in total. The quantitative estimate of drug-likeness (QED) is 0.724. The van der Waals surface area contributed by atoms with E-state index in [0.717, 1.165) is 16.7 Å². The Morgan fingerprint density at radius 2 is 2.00 bits per heavy atom. The Labute approximate surface area is 149 Å². The fraction of sp³-hybridized carbons (Fsp3) is 0.375. The summed E-state index contributed by atoms with van der Waals surface area (Å²) < 4.78 is 23.9. The summed E-state index contributed by atoms with van der Waals surface area (Å²) in [5, 5.41) is 2.47. The van der Waals surface area contributed by atoms with Gasteiger partial charge in [-0.1, -0.05) is 6.07 Å². The number of pyridine rings is 1. The second kappa shape index (κ2) is 6.52. The topological polar surface area (TPSA) is 118 Å². The maximum atomic E-state index is 12.4. The molecule has 1 saturated heterocycles. The molecule has 1 N–H and O–H groups in total. The van der Waals surface area contributed by atoms with Crippen molar-refractivity contribution in [1.29, 1.82) is 0 Å². The van der Waals surface area contributed by atoms with E-state index in [0.29, 0.717) is 5.65 Å². The second-order valence-corrected chi connectivity index (χ2v) is 8.58. The molecule has 0 saturated carbocycles. The average molecular weight is 378 g/mol. The van der Waals surface area contributed by atoms with Crippen molar-refractivity contribution in [2.24, 2.45) is 0 Å². The van der Waals surface area contributed by atoms with Crippen LogP contribution >= 0.6 is 0 Å². The number of nitrogens with one attached hydrogen (secondary N) is 1. The Balaban J connectivity index is 1.84. The van der Waals surface area contributed by atoms with E-state index in [1.54, 1.807) is 25.3 Å². The minimum absolute atomic E-state index is 0.00677. The van der Waals surface area contributed by atoms with Crippen LogP contribution in [0, 0.1) is 6.92 Å². The smallest absolute Gasteiger partial charge is 0.325 e. The number of sulfone groups is 1. The van der Waals surface area contributed by atoms with Gasteiger partial charge in [0.1, 0.15) is 21.5 Å². The van der Waals surface area contributed by atoms with Gasteiger partial charge in [-0.3, -0.25) is 18.9 Å². The molecule has 0 aliphatic carbocycles. The number of urea groups is 1. The van der Waals surface area contributed by atoms with E-state index in [4.69, 9.17) is 0 Å². The van der Waals surface area contributed by atoms with Gasteiger partial charge in [0.25, 0.3) is 11.5 Å². The summed E-state index contributed by atoms with van der Waals surface area (Å²) in [5.41, 5.74) is 1.22. The zero-order valence-electron chi connectivity index (χ0n) is 14.3. The van der Waals surface area contributed by atoms with Crippen LogP contribution in [-0.2, 0) is 21.2 Å². The zero-order valence-corrected chi connectivity index (χ0v) is 15.1. The SMILES string of the molecule is Cc1cccn2c(=O)cc(CN3C(=O)N[C@H](CCS(C)(=O)=O)C3=O)nc12. The molecule has 0 radical (unpaired) electrons. The molecule has 2 aromatic rings. The number of nitrogens with zero attached hydrogens (tertiary/aromatic N) is 3. The Morgan fingerprint density at radius 1 is 1.27 bits per heavy atom. The number of carbonyl (C=O) groups is 2. The maximum Gasteiger partial charge on any atom is 0.325 e. The maximum absolute atomic E-state index is 12.4. The third kappa shape index (κ3) is 3.59. The molecule has 1 fully saturated rings. The Kier molecular flexibility index (Phi) is 4.53. The van der Waals surface area contributed by atoms with E-state index in [9.17, 15) is 22.8 Å². The summed E-state index contributed by atoms with van der Waals surface area (Å²) in [6, 6.07) is 3.30. The van der Waals surface area contributed by atoms with Crippen LogP contribution in [0.5, 0.6) is 0 Å². The highest BCUT2D eigenvalue weighted by molar-refractivity contribution is 7.90. The highest BCUT2D eigenvalue weighted by atomic mass is 32.2. The van der Waals surface area contributed by atoms with Crippen molar-refractivity contribution in [3.8, 4) is 0 Å². The number of hydrogen-bond donors (Lipinski definition) is 1. The summed E-state index contributed by atoms with van der Waals surface area (Å²) in [6.07, 6.45) is 2.67. The van der Waals surface area contributed by atoms with Gasteiger partial charge in [-0.05, 0) is 25.0 Å². The lowest BCUT2D eigenvalue weighted by atomic mass is 10.2. The van der Waals surface area contributed by atoms with Gasteiger partial charge in [0.15, 0.2) is 0 Å². The van der Waals surface area contributed by atoms with Crippen molar-refractivity contribution >= 4 is 27.4 Å². The number of amides is 3. The van der Waals surface area contributed by atoms with Crippen LogP contribution in [0.3, 0.4) is 0 Å². The molecule has 0 spiro atoms. The summed E-state index contributed by atoms with van der Waals surface area (Å²) in [7, 11) is -3.24. The molecule has 0 unspecified atom stereocenters. The van der Waals surface area contributed by atoms with Gasteiger partial charge in [-0.2, -0.15) is 0 Å². The van der Waals surface area contributed by atoms with Crippen molar-refractivity contribution in [1.82, 2.24) is 19.6 Å². The third-order valence-corrected chi connectivity index (χ3v) is 5.12. The van der Waals surface area contributed by atoms with E-state index >= 15 is 0 Å². The molecule has 3 amide bonds. The van der Waals surface area contributed by atoms with Crippen molar-refractivity contribution in [2.45, 2.75) is 25.9 Å². The van der Waals surface area contributed by atoms with Gasteiger partial charge < -0.3 is 5.32 Å². The van der Waals surface area contributed by atoms with E-state index in [1.165, 1.54) is 10.5 Å². The molecular formula is C16H18N4O5S. The number of aryl methyl sites for hydroxylation is 1. The normalized spacial score (nSPS) is 17.8. The first-order chi connectivity index (χ1) is 12.2. The Bertz CT molecular complexity index is 1060. The molecule has 1 atom stereocenters. The van der Waals surface area contributed by atoms with Gasteiger partial charge in [0.05, 0.1) is 18.0 Å². The van der Waals surface area contributed by atoms with Crippen molar-refractivity contribution in [2.75, 3.05) is 12.0 Å². The third-order valence-electron chi connectivity index (χ3n) is 4.14. The van der Waals surface area contributed by atoms with E-state index in [2.05, 4.69) is 10.3 Å². The molecule has 10 heteroatoms. The number of aromatic nitrogens is 2. The van der Waals surface area contributed by atoms with Crippen LogP contribution in [0.25, 0.3) is 5.65 Å². The van der Waals surface area contributed by atoms with Crippen molar-refractivity contribution < 1.29 is 18.0 Å². The summed E-state index contributed by atoms with van der Waals surface area (Å²) in [5.74, 6) is -0.725. The van der Waals surface area contributed by atoms with Gasteiger partial charge in [0.2, 0.25) is 0 Å². The first-order valence-electron chi connectivity index (χ1n) is 7.93. The predicted molar refractivity (Wildman–Crippen MR) is 93.4 cm³/mol. The number of rotatable bonds is 5. The standard InChI is InChI=1S/C16H18N4O5S/c1-10-4-3-6-19-13(21)8-11(17-14(10)19)9-20-15(22)12(18-16(20)23)5-7-26(2,24)25/h3-4,6,8,12H,5,7,9H2,1-2H3,(H,18,23)/t12-/m1/s1. The van der Waals surface area contributed by atoms with Crippen LogP contribution in [0.4, 0.5) is 4.79 Å². The lowest BCUT2D eigenvalue weighted by Crippen LogP contribution is -2.32. The fourth-order valence-corrected chi connectivity index (χ4v) is 3.47. The Morgan fingerprint density at radius 3 is 2.69 bits per heavy atom. The molecule has 2 aromatic heterocycles. The van der Waals surface area contributed by atoms with E-state index in [-0.39, 0.29) is 30.0 Å². The molecule has 26 heavy (non-hydrogen) atoms. The minimum atomic E-state index is -3.24. The van der Waals surface area contributed by atoms with Crippen molar-refractivity contribution in [3.63, 3.8) is 0 Å². The minimum Gasteiger partial charge on any atom is -0.326 e. The summed E-state index contributed by atoms with van der Waals surface area (Å²) >= 11 is 0. The van der Waals surface area contributed by atoms with Crippen molar-refractivity contribution in [3.05, 3.63) is 46.0 Å². The molecule has 0 bridgehead atoms. The molecule has 1 aliphatic heterocycles. The molecule has 3 heterocycles. The van der Waals surface area contributed by atoms with Gasteiger partial charge >= 0.3 is 6.03 Å². The highest BCUT2D eigenvalue weighted by Crippen LogP contribution is 2.14. The van der Waals surface area contributed by atoms with E-state index in [1.807, 2.05) is 0 Å². The first kappa shape index (κ1) is 18.1. The highest BCUT2D eigenvalue weighted by Gasteiger charge is 2.38. The fourth-order valence-electron chi connectivity index (χ4n) is 2.81.